The fraction of sp³-hybridized carbons (Fsp3) is 0.111. The number of hydrogen-bond acceptors (Lipinski definition) is 1. The van der Waals surface area contributed by atoms with Crippen LogP contribution in [0.5, 0.6) is 0 Å². The van der Waals surface area contributed by atoms with Crippen molar-refractivity contribution in [3.8, 4) is 24.2 Å². The SMILES string of the molecule is C#Cc1ccccc1C#Cc1ccccc1CCO. The van der Waals surface area contributed by atoms with Crippen LogP contribution in [-0.4, -0.2) is 11.7 Å². The molecule has 0 amide bonds. The van der Waals surface area contributed by atoms with Gasteiger partial charge in [0, 0.05) is 23.3 Å². The summed E-state index contributed by atoms with van der Waals surface area (Å²) in [4.78, 5) is 0. The van der Waals surface area contributed by atoms with Crippen molar-refractivity contribution in [2.24, 2.45) is 0 Å². The summed E-state index contributed by atoms with van der Waals surface area (Å²) in [5, 5.41) is 9.04. The van der Waals surface area contributed by atoms with Gasteiger partial charge in [-0.05, 0) is 30.2 Å². The summed E-state index contributed by atoms with van der Waals surface area (Å²) < 4.78 is 0. The molecule has 0 aliphatic heterocycles. The molecule has 2 aromatic rings. The fourth-order valence-electron chi connectivity index (χ4n) is 1.83. The largest absolute Gasteiger partial charge is 0.396 e. The lowest BCUT2D eigenvalue weighted by molar-refractivity contribution is 0.299. The average Bonchev–Trinajstić information content (AvgIpc) is 2.47. The Labute approximate surface area is 113 Å². The number of hydrogen-bond donors (Lipinski definition) is 1. The van der Waals surface area contributed by atoms with Crippen molar-refractivity contribution in [3.63, 3.8) is 0 Å². The monoisotopic (exact) mass is 246 g/mol. The van der Waals surface area contributed by atoms with E-state index < -0.39 is 0 Å². The molecule has 0 fully saturated rings. The molecule has 1 N–H and O–H groups in total. The average molecular weight is 246 g/mol. The van der Waals surface area contributed by atoms with E-state index in [0.29, 0.717) is 6.42 Å². The van der Waals surface area contributed by atoms with Crippen LogP contribution in [0.1, 0.15) is 22.3 Å². The summed E-state index contributed by atoms with van der Waals surface area (Å²) in [5.74, 6) is 8.87. The zero-order chi connectivity index (χ0) is 13.5. The van der Waals surface area contributed by atoms with Crippen molar-refractivity contribution in [1.29, 1.82) is 0 Å². The predicted molar refractivity (Wildman–Crippen MR) is 77.6 cm³/mol. The highest BCUT2D eigenvalue weighted by atomic mass is 16.2. The number of rotatable bonds is 2. The van der Waals surface area contributed by atoms with Gasteiger partial charge in [-0.15, -0.1) is 6.42 Å². The second kappa shape index (κ2) is 6.45. The lowest BCUT2D eigenvalue weighted by Crippen LogP contribution is -1.94. The highest BCUT2D eigenvalue weighted by Crippen LogP contribution is 2.09. The summed E-state index contributed by atoms with van der Waals surface area (Å²) in [6.45, 7) is 0.125. The first-order chi connectivity index (χ1) is 9.35. The molecule has 19 heavy (non-hydrogen) atoms. The van der Waals surface area contributed by atoms with E-state index in [4.69, 9.17) is 11.5 Å². The molecule has 0 saturated heterocycles. The zero-order valence-corrected chi connectivity index (χ0v) is 10.6. The third kappa shape index (κ3) is 3.26. The molecular weight excluding hydrogens is 232 g/mol. The van der Waals surface area contributed by atoms with Gasteiger partial charge in [-0.3, -0.25) is 0 Å². The summed E-state index contributed by atoms with van der Waals surface area (Å²) in [5.41, 5.74) is 3.64. The van der Waals surface area contributed by atoms with E-state index >= 15 is 0 Å². The first-order valence-corrected chi connectivity index (χ1v) is 6.11. The van der Waals surface area contributed by atoms with E-state index in [1.807, 2.05) is 48.5 Å². The summed E-state index contributed by atoms with van der Waals surface area (Å²) >= 11 is 0. The van der Waals surface area contributed by atoms with Crippen LogP contribution >= 0.6 is 0 Å². The quantitative estimate of drug-likeness (QED) is 0.808. The Morgan fingerprint density at radius 3 is 2.11 bits per heavy atom. The van der Waals surface area contributed by atoms with Gasteiger partial charge >= 0.3 is 0 Å². The lowest BCUT2D eigenvalue weighted by atomic mass is 10.0. The van der Waals surface area contributed by atoms with Crippen LogP contribution in [0.2, 0.25) is 0 Å². The van der Waals surface area contributed by atoms with Gasteiger partial charge in [-0.25, -0.2) is 0 Å². The minimum atomic E-state index is 0.125. The number of aliphatic hydroxyl groups is 1. The summed E-state index contributed by atoms with van der Waals surface area (Å²) in [6.07, 6.45) is 6.06. The van der Waals surface area contributed by atoms with Gasteiger partial charge in [-0.1, -0.05) is 48.1 Å². The Bertz CT molecular complexity index is 666. The van der Waals surface area contributed by atoms with E-state index in [2.05, 4.69) is 17.8 Å². The minimum absolute atomic E-state index is 0.125. The molecule has 0 aliphatic carbocycles. The van der Waals surface area contributed by atoms with E-state index in [1.165, 1.54) is 0 Å². The molecule has 1 nitrogen and oxygen atoms in total. The van der Waals surface area contributed by atoms with Gasteiger partial charge < -0.3 is 5.11 Å². The molecule has 0 aliphatic rings. The van der Waals surface area contributed by atoms with Crippen LogP contribution in [0.25, 0.3) is 0 Å². The van der Waals surface area contributed by atoms with Crippen molar-refractivity contribution in [3.05, 3.63) is 70.8 Å². The number of aliphatic hydroxyl groups excluding tert-OH is 1. The first kappa shape index (κ1) is 13.0. The van der Waals surface area contributed by atoms with Crippen molar-refractivity contribution in [2.75, 3.05) is 6.61 Å². The molecule has 0 heterocycles. The Hall–Kier alpha value is -2.48. The van der Waals surface area contributed by atoms with E-state index in [-0.39, 0.29) is 6.61 Å². The van der Waals surface area contributed by atoms with Crippen molar-refractivity contribution in [1.82, 2.24) is 0 Å². The maximum Gasteiger partial charge on any atom is 0.0471 e. The van der Waals surface area contributed by atoms with Gasteiger partial charge in [0.05, 0.1) is 0 Å². The van der Waals surface area contributed by atoms with E-state index in [9.17, 15) is 0 Å². The molecule has 2 aromatic carbocycles. The van der Waals surface area contributed by atoms with E-state index in [1.54, 1.807) is 0 Å². The highest BCUT2D eigenvalue weighted by molar-refractivity contribution is 5.53. The molecule has 0 bridgehead atoms. The molecule has 0 aromatic heterocycles. The maximum atomic E-state index is 9.04. The van der Waals surface area contributed by atoms with Crippen LogP contribution in [0.3, 0.4) is 0 Å². The highest BCUT2D eigenvalue weighted by Gasteiger charge is 1.98. The zero-order valence-electron chi connectivity index (χ0n) is 10.6. The molecule has 0 saturated carbocycles. The fourth-order valence-corrected chi connectivity index (χ4v) is 1.83. The molecule has 2 rings (SSSR count). The third-order valence-corrected chi connectivity index (χ3v) is 2.81. The van der Waals surface area contributed by atoms with Gasteiger partial charge in [0.25, 0.3) is 0 Å². The Morgan fingerprint density at radius 1 is 0.842 bits per heavy atom. The molecule has 92 valence electrons. The van der Waals surface area contributed by atoms with Gasteiger partial charge in [0.1, 0.15) is 0 Å². The topological polar surface area (TPSA) is 20.2 Å². The maximum absolute atomic E-state index is 9.04. The molecule has 1 heteroatoms. The third-order valence-electron chi connectivity index (χ3n) is 2.81. The van der Waals surface area contributed by atoms with Crippen LogP contribution in [-0.2, 0) is 6.42 Å². The number of terminal acetylenes is 1. The van der Waals surface area contributed by atoms with E-state index in [0.717, 1.165) is 22.3 Å². The Kier molecular flexibility index (Phi) is 4.40. The Balaban J connectivity index is 2.37. The van der Waals surface area contributed by atoms with Crippen molar-refractivity contribution < 1.29 is 5.11 Å². The minimum Gasteiger partial charge on any atom is -0.396 e. The smallest absolute Gasteiger partial charge is 0.0471 e. The molecule has 0 atom stereocenters. The standard InChI is InChI=1S/C18H14O/c1-2-15-7-3-4-8-16(15)11-12-17-9-5-6-10-18(17)13-14-19/h1,3-10,19H,13-14H2. The number of benzene rings is 2. The molecular formula is C18H14O. The van der Waals surface area contributed by atoms with Crippen molar-refractivity contribution in [2.45, 2.75) is 6.42 Å². The molecule has 0 unspecified atom stereocenters. The van der Waals surface area contributed by atoms with Crippen LogP contribution in [0.4, 0.5) is 0 Å². The second-order valence-electron chi connectivity index (χ2n) is 4.07. The van der Waals surface area contributed by atoms with Gasteiger partial charge in [0.15, 0.2) is 0 Å². The molecule has 0 spiro atoms. The normalized spacial score (nSPS) is 9.26. The molecule has 0 radical (unpaired) electrons. The van der Waals surface area contributed by atoms with Crippen LogP contribution in [0.15, 0.2) is 48.5 Å². The lowest BCUT2D eigenvalue weighted by Gasteiger charge is -2.01. The Morgan fingerprint density at radius 2 is 1.42 bits per heavy atom. The van der Waals surface area contributed by atoms with Crippen LogP contribution < -0.4 is 0 Å². The summed E-state index contributed by atoms with van der Waals surface area (Å²) in [6, 6.07) is 15.4. The predicted octanol–water partition coefficient (Wildman–Crippen LogP) is 2.60. The van der Waals surface area contributed by atoms with Crippen molar-refractivity contribution >= 4 is 0 Å². The second-order valence-corrected chi connectivity index (χ2v) is 4.07. The van der Waals surface area contributed by atoms with Gasteiger partial charge in [-0.2, -0.15) is 0 Å². The van der Waals surface area contributed by atoms with Gasteiger partial charge in [0.2, 0.25) is 0 Å². The summed E-state index contributed by atoms with van der Waals surface area (Å²) in [7, 11) is 0. The van der Waals surface area contributed by atoms with Crippen LogP contribution in [0, 0.1) is 24.2 Å². The first-order valence-electron chi connectivity index (χ1n) is 6.11.